The number of aliphatic hydroxyl groups excluding tert-OH is 1. The monoisotopic (exact) mass is 268 g/mol. The van der Waals surface area contributed by atoms with Gasteiger partial charge in [0.15, 0.2) is 0 Å². The normalized spacial score (nSPS) is 12.9. The quantitative estimate of drug-likeness (QED) is 0.722. The number of hydrogen-bond acceptors (Lipinski definition) is 3. The van der Waals surface area contributed by atoms with Gasteiger partial charge in [-0.2, -0.15) is 0 Å². The molecule has 0 aromatic heterocycles. The molecule has 0 saturated heterocycles. The molecule has 3 nitrogen and oxygen atoms in total. The maximum Gasteiger partial charge on any atom is 0.123 e. The van der Waals surface area contributed by atoms with Crippen LogP contribution in [0.2, 0.25) is 0 Å². The summed E-state index contributed by atoms with van der Waals surface area (Å²) in [6, 6.07) is 6.31. The predicted molar refractivity (Wildman–Crippen MR) is 76.4 cm³/mol. The summed E-state index contributed by atoms with van der Waals surface area (Å²) < 4.78 is 13.1. The summed E-state index contributed by atoms with van der Waals surface area (Å²) in [5.41, 5.74) is 6.91. The molecule has 108 valence electrons. The largest absolute Gasteiger partial charge is 0.395 e. The summed E-state index contributed by atoms with van der Waals surface area (Å²) in [6.07, 6.45) is 3.03. The minimum atomic E-state index is -0.244. The molecule has 1 aromatic rings. The van der Waals surface area contributed by atoms with Crippen LogP contribution in [0.3, 0.4) is 0 Å². The topological polar surface area (TPSA) is 49.5 Å². The fourth-order valence-electron chi connectivity index (χ4n) is 2.08. The summed E-state index contributed by atoms with van der Waals surface area (Å²) in [4.78, 5) is 2.21. The zero-order valence-corrected chi connectivity index (χ0v) is 11.7. The number of nitrogens with zero attached hydrogens (tertiary/aromatic N) is 1. The molecule has 0 aliphatic heterocycles. The van der Waals surface area contributed by atoms with Gasteiger partial charge in [-0.3, -0.25) is 0 Å². The van der Waals surface area contributed by atoms with Gasteiger partial charge in [0.2, 0.25) is 0 Å². The van der Waals surface area contributed by atoms with Crippen LogP contribution in [-0.4, -0.2) is 36.2 Å². The van der Waals surface area contributed by atoms with Crippen LogP contribution in [-0.2, 0) is 0 Å². The molecule has 0 bridgehead atoms. The number of benzene rings is 1. The smallest absolute Gasteiger partial charge is 0.123 e. The maximum atomic E-state index is 13.1. The van der Waals surface area contributed by atoms with E-state index in [1.54, 1.807) is 6.07 Å². The number of hydrogen-bond donors (Lipinski definition) is 2. The molecule has 0 aliphatic carbocycles. The van der Waals surface area contributed by atoms with Crippen molar-refractivity contribution in [2.75, 3.05) is 26.2 Å². The zero-order valence-electron chi connectivity index (χ0n) is 11.7. The van der Waals surface area contributed by atoms with Crippen molar-refractivity contribution in [2.45, 2.75) is 32.2 Å². The minimum Gasteiger partial charge on any atom is -0.395 e. The molecular formula is C15H25FN2O. The molecule has 1 aromatic carbocycles. The van der Waals surface area contributed by atoms with E-state index in [4.69, 9.17) is 10.8 Å². The van der Waals surface area contributed by atoms with Crippen LogP contribution in [0.1, 0.15) is 37.8 Å². The second-order valence-electron chi connectivity index (χ2n) is 4.87. The van der Waals surface area contributed by atoms with Gasteiger partial charge in [-0.05, 0) is 37.1 Å². The van der Waals surface area contributed by atoms with Gasteiger partial charge in [0, 0.05) is 19.1 Å². The molecule has 0 fully saturated rings. The first-order chi connectivity index (χ1) is 9.17. The molecule has 19 heavy (non-hydrogen) atoms. The molecule has 0 spiro atoms. The third kappa shape index (κ3) is 6.14. The van der Waals surface area contributed by atoms with Crippen molar-refractivity contribution >= 4 is 0 Å². The molecular weight excluding hydrogens is 243 g/mol. The van der Waals surface area contributed by atoms with Crippen LogP contribution < -0.4 is 5.73 Å². The standard InChI is InChI=1S/C15H25FN2O/c1-2-3-8-18(10-11-19)9-7-15(17)13-5-4-6-14(16)12-13/h4-6,12,15,19H,2-3,7-11,17H2,1H3. The Hall–Kier alpha value is -0.970. The third-order valence-electron chi connectivity index (χ3n) is 3.28. The van der Waals surface area contributed by atoms with E-state index in [0.29, 0.717) is 6.54 Å². The average Bonchev–Trinajstić information content (AvgIpc) is 2.41. The average molecular weight is 268 g/mol. The Morgan fingerprint density at radius 2 is 2.11 bits per heavy atom. The highest BCUT2D eigenvalue weighted by atomic mass is 19.1. The number of nitrogens with two attached hydrogens (primary N) is 1. The molecule has 1 atom stereocenters. The van der Waals surface area contributed by atoms with Crippen LogP contribution in [0.25, 0.3) is 0 Å². The first-order valence-corrected chi connectivity index (χ1v) is 7.01. The van der Waals surface area contributed by atoms with Gasteiger partial charge in [-0.1, -0.05) is 25.5 Å². The van der Waals surface area contributed by atoms with Gasteiger partial charge in [0.1, 0.15) is 5.82 Å². The number of unbranched alkanes of at least 4 members (excludes halogenated alkanes) is 1. The zero-order chi connectivity index (χ0) is 14.1. The highest BCUT2D eigenvalue weighted by Gasteiger charge is 2.10. The molecule has 0 aliphatic rings. The Balaban J connectivity index is 2.44. The Morgan fingerprint density at radius 3 is 2.74 bits per heavy atom. The number of halogens is 1. The van der Waals surface area contributed by atoms with E-state index in [0.717, 1.165) is 37.9 Å². The lowest BCUT2D eigenvalue weighted by Crippen LogP contribution is -2.31. The van der Waals surface area contributed by atoms with Crippen molar-refractivity contribution in [3.05, 3.63) is 35.6 Å². The molecule has 1 unspecified atom stereocenters. The van der Waals surface area contributed by atoms with Crippen LogP contribution in [0.5, 0.6) is 0 Å². The highest BCUT2D eigenvalue weighted by Crippen LogP contribution is 2.15. The van der Waals surface area contributed by atoms with Gasteiger partial charge in [-0.15, -0.1) is 0 Å². The van der Waals surface area contributed by atoms with E-state index >= 15 is 0 Å². The van der Waals surface area contributed by atoms with Crippen LogP contribution in [0.15, 0.2) is 24.3 Å². The van der Waals surface area contributed by atoms with E-state index in [1.807, 2.05) is 6.07 Å². The maximum absolute atomic E-state index is 13.1. The first kappa shape index (κ1) is 16.1. The first-order valence-electron chi connectivity index (χ1n) is 7.01. The van der Waals surface area contributed by atoms with Crippen LogP contribution >= 0.6 is 0 Å². The van der Waals surface area contributed by atoms with Crippen molar-refractivity contribution in [1.82, 2.24) is 4.90 Å². The number of aliphatic hydroxyl groups is 1. The highest BCUT2D eigenvalue weighted by molar-refractivity contribution is 5.19. The molecule has 0 amide bonds. The Morgan fingerprint density at radius 1 is 1.32 bits per heavy atom. The van der Waals surface area contributed by atoms with Crippen molar-refractivity contribution < 1.29 is 9.50 Å². The molecule has 4 heteroatoms. The summed E-state index contributed by atoms with van der Waals surface area (Å²) >= 11 is 0. The van der Waals surface area contributed by atoms with Crippen molar-refractivity contribution in [2.24, 2.45) is 5.73 Å². The van der Waals surface area contributed by atoms with E-state index in [2.05, 4.69) is 11.8 Å². The molecule has 0 heterocycles. The van der Waals surface area contributed by atoms with E-state index in [-0.39, 0.29) is 18.5 Å². The third-order valence-corrected chi connectivity index (χ3v) is 3.28. The van der Waals surface area contributed by atoms with Gasteiger partial charge < -0.3 is 15.7 Å². The second kappa shape index (κ2) is 9.02. The summed E-state index contributed by atoms with van der Waals surface area (Å²) in [6.45, 7) is 4.80. The van der Waals surface area contributed by atoms with Crippen LogP contribution in [0, 0.1) is 5.82 Å². The van der Waals surface area contributed by atoms with Crippen LogP contribution in [0.4, 0.5) is 4.39 Å². The van der Waals surface area contributed by atoms with Gasteiger partial charge >= 0.3 is 0 Å². The SMILES string of the molecule is CCCCN(CCO)CCC(N)c1cccc(F)c1. The van der Waals surface area contributed by atoms with Gasteiger partial charge in [0.25, 0.3) is 0 Å². The van der Waals surface area contributed by atoms with Crippen molar-refractivity contribution in [3.8, 4) is 0 Å². The molecule has 3 N–H and O–H groups in total. The predicted octanol–water partition coefficient (Wildman–Crippen LogP) is 2.31. The number of rotatable bonds is 9. The molecule has 1 rings (SSSR count). The van der Waals surface area contributed by atoms with E-state index in [1.165, 1.54) is 12.1 Å². The summed E-state index contributed by atoms with van der Waals surface area (Å²) in [5, 5.41) is 9.03. The van der Waals surface area contributed by atoms with E-state index < -0.39 is 0 Å². The minimum absolute atomic E-state index is 0.154. The lowest BCUT2D eigenvalue weighted by molar-refractivity contribution is 0.189. The summed E-state index contributed by atoms with van der Waals surface area (Å²) in [7, 11) is 0. The van der Waals surface area contributed by atoms with Gasteiger partial charge in [0.05, 0.1) is 6.61 Å². The Kier molecular flexibility index (Phi) is 7.63. The summed E-state index contributed by atoms with van der Waals surface area (Å²) in [5.74, 6) is -0.244. The molecule has 0 radical (unpaired) electrons. The van der Waals surface area contributed by atoms with Crippen molar-refractivity contribution in [1.29, 1.82) is 0 Å². The second-order valence-corrected chi connectivity index (χ2v) is 4.87. The fourth-order valence-corrected chi connectivity index (χ4v) is 2.08. The van der Waals surface area contributed by atoms with Gasteiger partial charge in [-0.25, -0.2) is 4.39 Å². The lowest BCUT2D eigenvalue weighted by atomic mass is 10.0. The Labute approximate surface area is 115 Å². The van der Waals surface area contributed by atoms with Crippen molar-refractivity contribution in [3.63, 3.8) is 0 Å². The fraction of sp³-hybridized carbons (Fsp3) is 0.600. The lowest BCUT2D eigenvalue weighted by Gasteiger charge is -2.23. The van der Waals surface area contributed by atoms with E-state index in [9.17, 15) is 4.39 Å². The molecule has 0 saturated carbocycles. The Bertz CT molecular complexity index is 360.